The molecule has 4 rings (SSSR count). The van der Waals surface area contributed by atoms with E-state index in [1.54, 1.807) is 19.5 Å². The summed E-state index contributed by atoms with van der Waals surface area (Å²) in [4.78, 5) is 6.51. The van der Waals surface area contributed by atoms with Crippen LogP contribution in [0.1, 0.15) is 23.8 Å². The van der Waals surface area contributed by atoms with Gasteiger partial charge in [-0.15, -0.1) is 10.2 Å². The molecule has 0 bridgehead atoms. The first-order valence-electron chi connectivity index (χ1n) is 8.41. The third-order valence-corrected chi connectivity index (χ3v) is 4.54. The topological polar surface area (TPSA) is 64.3 Å². The molecule has 3 heterocycles. The van der Waals surface area contributed by atoms with Gasteiger partial charge in [0.15, 0.2) is 0 Å². The van der Waals surface area contributed by atoms with Crippen LogP contribution in [-0.4, -0.2) is 40.3 Å². The number of benzene rings is 1. The van der Waals surface area contributed by atoms with Crippen molar-refractivity contribution >= 4 is 0 Å². The number of ether oxygens (including phenoxy) is 1. The zero-order valence-corrected chi connectivity index (χ0v) is 14.1. The highest BCUT2D eigenvalue weighted by atomic mass is 16.5. The molecule has 6 nitrogen and oxygen atoms in total. The number of hydrogen-bond acceptors (Lipinski definition) is 6. The molecule has 0 N–H and O–H groups in total. The molecule has 1 fully saturated rings. The highest BCUT2D eigenvalue weighted by molar-refractivity contribution is 5.50. The molecule has 1 aromatic carbocycles. The second-order valence-corrected chi connectivity index (χ2v) is 6.26. The van der Waals surface area contributed by atoms with Crippen molar-refractivity contribution in [3.63, 3.8) is 0 Å². The van der Waals surface area contributed by atoms with Gasteiger partial charge < -0.3 is 9.15 Å². The fraction of sp³-hybridized carbons (Fsp3) is 0.316. The van der Waals surface area contributed by atoms with Crippen molar-refractivity contribution in [3.05, 3.63) is 60.2 Å². The first-order chi connectivity index (χ1) is 12.3. The summed E-state index contributed by atoms with van der Waals surface area (Å²) in [5.74, 6) is 2.43. The van der Waals surface area contributed by atoms with Crippen molar-refractivity contribution in [1.29, 1.82) is 0 Å². The van der Waals surface area contributed by atoms with Gasteiger partial charge in [-0.3, -0.25) is 9.88 Å². The molecule has 6 heteroatoms. The average Bonchev–Trinajstić information content (AvgIpc) is 3.32. The van der Waals surface area contributed by atoms with E-state index in [4.69, 9.17) is 9.15 Å². The van der Waals surface area contributed by atoms with E-state index in [2.05, 4.69) is 32.2 Å². The Morgan fingerprint density at radius 2 is 2.08 bits per heavy atom. The predicted octanol–water partition coefficient (Wildman–Crippen LogP) is 3.13. The van der Waals surface area contributed by atoms with E-state index in [1.807, 2.05) is 24.3 Å². The normalized spacial score (nSPS) is 17.7. The van der Waals surface area contributed by atoms with Gasteiger partial charge in [0.25, 0.3) is 0 Å². The Morgan fingerprint density at radius 1 is 1.20 bits per heavy atom. The average molecular weight is 336 g/mol. The van der Waals surface area contributed by atoms with Crippen LogP contribution in [0.4, 0.5) is 0 Å². The monoisotopic (exact) mass is 336 g/mol. The number of nitrogens with zero attached hydrogens (tertiary/aromatic N) is 4. The number of likely N-dealkylation sites (tertiary alicyclic amines) is 1. The first kappa shape index (κ1) is 15.8. The summed E-state index contributed by atoms with van der Waals surface area (Å²) in [6, 6.07) is 12.0. The molecule has 128 valence electrons. The number of rotatable bonds is 5. The quantitative estimate of drug-likeness (QED) is 0.713. The molecule has 0 saturated carbocycles. The van der Waals surface area contributed by atoms with E-state index in [0.717, 1.165) is 43.3 Å². The Morgan fingerprint density at radius 3 is 2.84 bits per heavy atom. The van der Waals surface area contributed by atoms with Gasteiger partial charge in [0.05, 0.1) is 18.6 Å². The first-order valence-corrected chi connectivity index (χ1v) is 8.41. The summed E-state index contributed by atoms with van der Waals surface area (Å²) in [5.41, 5.74) is 2.14. The summed E-state index contributed by atoms with van der Waals surface area (Å²) in [6.07, 6.45) is 4.50. The molecule has 1 unspecified atom stereocenters. The van der Waals surface area contributed by atoms with Crippen LogP contribution in [0.15, 0.2) is 53.2 Å². The second kappa shape index (κ2) is 7.03. The highest BCUT2D eigenvalue weighted by Crippen LogP contribution is 2.29. The van der Waals surface area contributed by atoms with Gasteiger partial charge >= 0.3 is 0 Å². The van der Waals surface area contributed by atoms with E-state index in [1.165, 1.54) is 5.56 Å². The van der Waals surface area contributed by atoms with Gasteiger partial charge in [-0.05, 0) is 42.8 Å². The number of aromatic nitrogens is 3. The Kier molecular flexibility index (Phi) is 4.43. The Hall–Kier alpha value is -2.73. The molecule has 0 amide bonds. The van der Waals surface area contributed by atoms with Gasteiger partial charge in [0.2, 0.25) is 11.8 Å². The molecule has 0 spiro atoms. The lowest BCUT2D eigenvalue weighted by atomic mass is 10.1. The zero-order chi connectivity index (χ0) is 17.1. The largest absolute Gasteiger partial charge is 0.497 e. The van der Waals surface area contributed by atoms with Crippen LogP contribution in [0.2, 0.25) is 0 Å². The zero-order valence-electron chi connectivity index (χ0n) is 14.1. The van der Waals surface area contributed by atoms with Gasteiger partial charge in [-0.1, -0.05) is 12.1 Å². The van der Waals surface area contributed by atoms with Crippen LogP contribution in [0, 0.1) is 0 Å². The van der Waals surface area contributed by atoms with E-state index < -0.39 is 0 Å². The number of pyridine rings is 1. The van der Waals surface area contributed by atoms with Crippen LogP contribution in [0.5, 0.6) is 5.75 Å². The van der Waals surface area contributed by atoms with E-state index in [9.17, 15) is 0 Å². The molecule has 0 radical (unpaired) electrons. The molecule has 3 aromatic rings. The van der Waals surface area contributed by atoms with Crippen LogP contribution in [-0.2, 0) is 6.54 Å². The minimum absolute atomic E-state index is 0.288. The highest BCUT2D eigenvalue weighted by Gasteiger charge is 2.28. The smallest absolute Gasteiger partial charge is 0.249 e. The molecular weight excluding hydrogens is 316 g/mol. The molecule has 1 atom stereocenters. The summed E-state index contributed by atoms with van der Waals surface area (Å²) < 4.78 is 11.1. The molecule has 1 saturated heterocycles. The van der Waals surface area contributed by atoms with Gasteiger partial charge in [-0.2, -0.15) is 0 Å². The fourth-order valence-electron chi connectivity index (χ4n) is 3.17. The Bertz CT molecular complexity index is 817. The maximum Gasteiger partial charge on any atom is 0.249 e. The summed E-state index contributed by atoms with van der Waals surface area (Å²) in [5, 5.41) is 8.42. The minimum Gasteiger partial charge on any atom is -0.497 e. The molecule has 2 aromatic heterocycles. The standard InChI is InChI=1S/C19H20N4O2/c1-24-17-6-4-14(5-7-17)12-23-10-8-16(13-23)19-22-21-18(25-19)15-3-2-9-20-11-15/h2-7,9,11,16H,8,10,12-13H2,1H3. The van der Waals surface area contributed by atoms with Crippen LogP contribution in [0.25, 0.3) is 11.5 Å². The maximum atomic E-state index is 5.88. The molecule has 25 heavy (non-hydrogen) atoms. The Labute approximate surface area is 146 Å². The lowest BCUT2D eigenvalue weighted by molar-refractivity contribution is 0.320. The second-order valence-electron chi connectivity index (χ2n) is 6.26. The van der Waals surface area contributed by atoms with Crippen molar-refractivity contribution in [1.82, 2.24) is 20.1 Å². The van der Waals surface area contributed by atoms with E-state index in [0.29, 0.717) is 5.89 Å². The molecule has 0 aliphatic carbocycles. The van der Waals surface area contributed by atoms with Crippen LogP contribution >= 0.6 is 0 Å². The summed E-state index contributed by atoms with van der Waals surface area (Å²) >= 11 is 0. The third-order valence-electron chi connectivity index (χ3n) is 4.54. The van der Waals surface area contributed by atoms with E-state index >= 15 is 0 Å². The van der Waals surface area contributed by atoms with Crippen molar-refractivity contribution in [2.75, 3.05) is 20.2 Å². The van der Waals surface area contributed by atoms with Crippen molar-refractivity contribution in [2.45, 2.75) is 18.9 Å². The van der Waals surface area contributed by atoms with Gasteiger partial charge in [-0.25, -0.2) is 0 Å². The van der Waals surface area contributed by atoms with Gasteiger partial charge in [0, 0.05) is 25.5 Å². The predicted molar refractivity (Wildman–Crippen MR) is 93.2 cm³/mol. The van der Waals surface area contributed by atoms with Crippen molar-refractivity contribution in [2.24, 2.45) is 0 Å². The van der Waals surface area contributed by atoms with Crippen LogP contribution in [0.3, 0.4) is 0 Å². The van der Waals surface area contributed by atoms with Crippen molar-refractivity contribution < 1.29 is 9.15 Å². The van der Waals surface area contributed by atoms with Crippen molar-refractivity contribution in [3.8, 4) is 17.2 Å². The van der Waals surface area contributed by atoms with E-state index in [-0.39, 0.29) is 5.92 Å². The maximum absolute atomic E-state index is 5.88. The number of methoxy groups -OCH3 is 1. The lowest BCUT2D eigenvalue weighted by Gasteiger charge is -2.15. The van der Waals surface area contributed by atoms with Gasteiger partial charge in [0.1, 0.15) is 5.75 Å². The minimum atomic E-state index is 0.288. The third kappa shape index (κ3) is 3.53. The summed E-state index contributed by atoms with van der Waals surface area (Å²) in [7, 11) is 1.68. The molecule has 1 aliphatic rings. The molecular formula is C19H20N4O2. The lowest BCUT2D eigenvalue weighted by Crippen LogP contribution is -2.19. The fourth-order valence-corrected chi connectivity index (χ4v) is 3.17. The number of hydrogen-bond donors (Lipinski definition) is 0. The summed E-state index contributed by atoms with van der Waals surface area (Å²) in [6.45, 7) is 2.88. The SMILES string of the molecule is COc1ccc(CN2CCC(c3nnc(-c4cccnc4)o3)C2)cc1. The van der Waals surface area contributed by atoms with Crippen LogP contribution < -0.4 is 4.74 Å². The Balaban J connectivity index is 1.39. The molecule has 1 aliphatic heterocycles.